The standard InChI is InChI=1S/C33H45N3O2/c1-8-24-13-12-22(5)25(9-2)18-26(10-3)32(24)34-30(11-4)31-19-27-14-15-28(20-29(27)33(37)38-31)36-17-16-35(7)23(6)21-36/h12,14-15,18-20,23,25H,8-11,13,16-17,21H2,1-7H3/b22-12?,26-18-,32-24+,34-30?. The van der Waals surface area contributed by atoms with Crippen LogP contribution in [0.2, 0.25) is 0 Å². The van der Waals surface area contributed by atoms with E-state index in [0.717, 1.165) is 67.8 Å². The van der Waals surface area contributed by atoms with Gasteiger partial charge in [-0.25, -0.2) is 9.79 Å². The van der Waals surface area contributed by atoms with Gasteiger partial charge in [0.15, 0.2) is 5.76 Å². The number of rotatable bonds is 7. The molecule has 0 N–H and O–H groups in total. The molecule has 2 unspecified atom stereocenters. The van der Waals surface area contributed by atoms with Crippen LogP contribution >= 0.6 is 0 Å². The molecule has 0 saturated carbocycles. The van der Waals surface area contributed by atoms with Gasteiger partial charge in [0.2, 0.25) is 0 Å². The molecule has 2 atom stereocenters. The van der Waals surface area contributed by atoms with Crippen LogP contribution in [-0.4, -0.2) is 43.3 Å². The lowest BCUT2D eigenvalue weighted by Crippen LogP contribution is -2.50. The van der Waals surface area contributed by atoms with E-state index in [4.69, 9.17) is 9.41 Å². The van der Waals surface area contributed by atoms with Gasteiger partial charge in [-0.05, 0) is 93.6 Å². The smallest absolute Gasteiger partial charge is 0.344 e. The predicted octanol–water partition coefficient (Wildman–Crippen LogP) is 7.51. The quantitative estimate of drug-likeness (QED) is 0.283. The fraction of sp³-hybridized carbons (Fsp3) is 0.515. The van der Waals surface area contributed by atoms with E-state index in [2.05, 4.69) is 82.7 Å². The normalized spacial score (nSPS) is 25.1. The summed E-state index contributed by atoms with van der Waals surface area (Å²) in [6.07, 6.45) is 9.34. The first kappa shape index (κ1) is 28.1. The minimum Gasteiger partial charge on any atom is -0.421 e. The molecule has 1 aromatic carbocycles. The molecule has 0 bridgehead atoms. The highest BCUT2D eigenvalue weighted by Crippen LogP contribution is 2.32. The molecule has 2 aliphatic rings. The molecule has 1 saturated heterocycles. The first-order valence-corrected chi connectivity index (χ1v) is 14.5. The number of anilines is 1. The third kappa shape index (κ3) is 5.88. The first-order chi connectivity index (χ1) is 18.3. The van der Waals surface area contributed by atoms with Crippen LogP contribution in [0.1, 0.15) is 79.4 Å². The minimum atomic E-state index is -0.291. The largest absolute Gasteiger partial charge is 0.421 e. The SMILES string of the molecule is CCC(=NC1=C(\CC)CC=C(C)C(CC)/C=C\1CC)c1cc2ccc(N3CCN(C)C(C)C3)cc2c(=O)o1. The molecule has 204 valence electrons. The highest BCUT2D eigenvalue weighted by Gasteiger charge is 2.22. The molecule has 5 nitrogen and oxygen atoms in total. The number of allylic oxidation sites excluding steroid dienone is 5. The van der Waals surface area contributed by atoms with Crippen molar-refractivity contribution in [1.29, 1.82) is 0 Å². The molecule has 1 aliphatic carbocycles. The van der Waals surface area contributed by atoms with Crippen molar-refractivity contribution in [2.24, 2.45) is 10.9 Å². The van der Waals surface area contributed by atoms with Gasteiger partial charge in [0, 0.05) is 31.4 Å². The van der Waals surface area contributed by atoms with Gasteiger partial charge in [0.05, 0.1) is 16.8 Å². The first-order valence-electron chi connectivity index (χ1n) is 14.5. The van der Waals surface area contributed by atoms with Gasteiger partial charge < -0.3 is 14.2 Å². The number of benzene rings is 1. The Bertz CT molecular complexity index is 1340. The molecule has 1 fully saturated rings. The lowest BCUT2D eigenvalue weighted by atomic mass is 9.87. The maximum atomic E-state index is 13.2. The second-order valence-corrected chi connectivity index (χ2v) is 10.9. The summed E-state index contributed by atoms with van der Waals surface area (Å²) in [5, 5.41) is 1.54. The van der Waals surface area contributed by atoms with Crippen molar-refractivity contribution in [2.45, 2.75) is 79.7 Å². The lowest BCUT2D eigenvalue weighted by molar-refractivity contribution is 0.234. The predicted molar refractivity (Wildman–Crippen MR) is 161 cm³/mol. The van der Waals surface area contributed by atoms with E-state index in [1.54, 1.807) is 0 Å². The number of nitrogens with zero attached hydrogens (tertiary/aromatic N) is 3. The Kier molecular flexibility index (Phi) is 9.09. The van der Waals surface area contributed by atoms with Crippen molar-refractivity contribution in [3.05, 3.63) is 75.0 Å². The van der Waals surface area contributed by atoms with Gasteiger partial charge in [-0.1, -0.05) is 51.5 Å². The summed E-state index contributed by atoms with van der Waals surface area (Å²) in [6, 6.07) is 8.67. The van der Waals surface area contributed by atoms with E-state index in [1.165, 1.54) is 16.7 Å². The average Bonchev–Trinajstić information content (AvgIpc) is 2.92. The Morgan fingerprint density at radius 1 is 1.11 bits per heavy atom. The number of fused-ring (bicyclic) bond motifs is 1. The van der Waals surface area contributed by atoms with E-state index < -0.39 is 0 Å². The van der Waals surface area contributed by atoms with E-state index in [-0.39, 0.29) is 5.63 Å². The fourth-order valence-electron chi connectivity index (χ4n) is 5.64. The third-order valence-electron chi connectivity index (χ3n) is 8.48. The molecule has 2 heterocycles. The second-order valence-electron chi connectivity index (χ2n) is 10.9. The summed E-state index contributed by atoms with van der Waals surface area (Å²) in [7, 11) is 2.17. The molecule has 0 radical (unpaired) electrons. The topological polar surface area (TPSA) is 49.0 Å². The van der Waals surface area contributed by atoms with E-state index in [1.807, 2.05) is 12.1 Å². The molecular formula is C33H45N3O2. The third-order valence-corrected chi connectivity index (χ3v) is 8.48. The van der Waals surface area contributed by atoms with Gasteiger partial charge in [-0.2, -0.15) is 0 Å². The van der Waals surface area contributed by atoms with E-state index in [9.17, 15) is 4.79 Å². The maximum absolute atomic E-state index is 13.2. The number of likely N-dealkylation sites (N-methyl/N-ethyl adjacent to an activating group) is 1. The second kappa shape index (κ2) is 12.3. The summed E-state index contributed by atoms with van der Waals surface area (Å²) in [4.78, 5) is 23.2. The molecule has 4 rings (SSSR count). The molecule has 0 amide bonds. The Labute approximate surface area is 228 Å². The van der Waals surface area contributed by atoms with Crippen molar-refractivity contribution in [3.63, 3.8) is 0 Å². The molecule has 5 heteroatoms. The number of hydrogen-bond donors (Lipinski definition) is 0. The maximum Gasteiger partial charge on any atom is 0.344 e. The molecule has 38 heavy (non-hydrogen) atoms. The van der Waals surface area contributed by atoms with Gasteiger partial charge in [-0.15, -0.1) is 0 Å². The summed E-state index contributed by atoms with van der Waals surface area (Å²) in [5.74, 6) is 1.01. The van der Waals surface area contributed by atoms with Crippen molar-refractivity contribution in [3.8, 4) is 0 Å². The van der Waals surface area contributed by atoms with Crippen molar-refractivity contribution in [2.75, 3.05) is 31.6 Å². The summed E-state index contributed by atoms with van der Waals surface area (Å²) in [5.41, 5.74) is 6.77. The minimum absolute atomic E-state index is 0.291. The highest BCUT2D eigenvalue weighted by atomic mass is 16.4. The van der Waals surface area contributed by atoms with Crippen molar-refractivity contribution >= 4 is 22.2 Å². The zero-order valence-corrected chi connectivity index (χ0v) is 24.4. The van der Waals surface area contributed by atoms with Crippen molar-refractivity contribution < 1.29 is 4.42 Å². The molecular weight excluding hydrogens is 470 g/mol. The summed E-state index contributed by atoms with van der Waals surface area (Å²) in [6.45, 7) is 16.2. The van der Waals surface area contributed by atoms with E-state index in [0.29, 0.717) is 29.5 Å². The van der Waals surface area contributed by atoms with Gasteiger partial charge in [-0.3, -0.25) is 0 Å². The van der Waals surface area contributed by atoms with Gasteiger partial charge >= 0.3 is 5.63 Å². The molecule has 0 spiro atoms. The monoisotopic (exact) mass is 515 g/mol. The highest BCUT2D eigenvalue weighted by molar-refractivity contribution is 6.01. The van der Waals surface area contributed by atoms with Crippen LogP contribution in [-0.2, 0) is 0 Å². The Hall–Kier alpha value is -2.92. The van der Waals surface area contributed by atoms with Crippen LogP contribution in [0.15, 0.2) is 73.0 Å². The van der Waals surface area contributed by atoms with Crippen LogP contribution < -0.4 is 10.5 Å². The van der Waals surface area contributed by atoms with Crippen LogP contribution in [0.25, 0.3) is 10.8 Å². The Balaban J connectivity index is 1.75. The molecule has 2 aromatic rings. The summed E-state index contributed by atoms with van der Waals surface area (Å²) < 4.78 is 5.95. The average molecular weight is 516 g/mol. The van der Waals surface area contributed by atoms with Crippen molar-refractivity contribution in [1.82, 2.24) is 4.90 Å². The Morgan fingerprint density at radius 2 is 1.89 bits per heavy atom. The van der Waals surface area contributed by atoms with Crippen LogP contribution in [0.5, 0.6) is 0 Å². The van der Waals surface area contributed by atoms with Crippen LogP contribution in [0.4, 0.5) is 5.69 Å². The summed E-state index contributed by atoms with van der Waals surface area (Å²) >= 11 is 0. The van der Waals surface area contributed by atoms with E-state index >= 15 is 0 Å². The molecule has 1 aliphatic heterocycles. The van der Waals surface area contributed by atoms with Crippen LogP contribution in [0, 0.1) is 5.92 Å². The fourth-order valence-corrected chi connectivity index (χ4v) is 5.64. The number of aliphatic imine (C=N–C) groups is 1. The number of piperazine rings is 1. The van der Waals surface area contributed by atoms with Crippen LogP contribution in [0.3, 0.4) is 0 Å². The Morgan fingerprint density at radius 3 is 2.55 bits per heavy atom. The zero-order chi connectivity index (χ0) is 27.4. The lowest BCUT2D eigenvalue weighted by Gasteiger charge is -2.39. The van der Waals surface area contributed by atoms with Gasteiger partial charge in [0.25, 0.3) is 0 Å². The zero-order valence-electron chi connectivity index (χ0n) is 24.4. The molecule has 1 aromatic heterocycles. The van der Waals surface area contributed by atoms with Gasteiger partial charge in [0.1, 0.15) is 0 Å². The number of hydrogen-bond acceptors (Lipinski definition) is 5.